The van der Waals surface area contributed by atoms with E-state index in [1.54, 1.807) is 24.3 Å². The van der Waals surface area contributed by atoms with Crippen LogP contribution in [0.4, 0.5) is 5.69 Å². The van der Waals surface area contributed by atoms with Crippen LogP contribution < -0.4 is 5.32 Å². The third kappa shape index (κ3) is 4.61. The van der Waals surface area contributed by atoms with Crippen molar-refractivity contribution in [2.24, 2.45) is 0 Å². The number of hydrogen-bond acceptors (Lipinski definition) is 5. The van der Waals surface area contributed by atoms with Gasteiger partial charge < -0.3 is 15.3 Å². The zero-order valence-electron chi connectivity index (χ0n) is 13.1. The zero-order valence-corrected chi connectivity index (χ0v) is 13.1. The first kappa shape index (κ1) is 17.1. The average molecular weight is 319 g/mol. The largest absolute Gasteiger partial charge is 0.395 e. The number of nitrogens with zero attached hydrogens (tertiary/aromatic N) is 2. The lowest BCUT2D eigenvalue weighted by Crippen LogP contribution is -2.52. The number of ketones is 1. The molecule has 1 aliphatic heterocycles. The Morgan fingerprint density at radius 2 is 1.70 bits per heavy atom. The molecule has 124 valence electrons. The number of rotatable bonds is 4. The highest BCUT2D eigenvalue weighted by molar-refractivity contribution is 6.39. The van der Waals surface area contributed by atoms with E-state index in [-0.39, 0.29) is 12.4 Å². The van der Waals surface area contributed by atoms with E-state index in [9.17, 15) is 14.4 Å². The van der Waals surface area contributed by atoms with Gasteiger partial charge in [0.2, 0.25) is 0 Å². The van der Waals surface area contributed by atoms with Crippen molar-refractivity contribution in [2.45, 2.75) is 6.92 Å². The second kappa shape index (κ2) is 7.85. The number of hydrogen-bond donors (Lipinski definition) is 2. The van der Waals surface area contributed by atoms with Gasteiger partial charge in [0.15, 0.2) is 5.78 Å². The van der Waals surface area contributed by atoms with E-state index < -0.39 is 11.8 Å². The Labute approximate surface area is 134 Å². The summed E-state index contributed by atoms with van der Waals surface area (Å²) in [5.74, 6) is -1.31. The first-order chi connectivity index (χ1) is 11.0. The monoisotopic (exact) mass is 319 g/mol. The maximum absolute atomic E-state index is 12.1. The van der Waals surface area contributed by atoms with Crippen molar-refractivity contribution in [3.63, 3.8) is 0 Å². The van der Waals surface area contributed by atoms with E-state index in [1.807, 2.05) is 4.90 Å². The van der Waals surface area contributed by atoms with Crippen molar-refractivity contribution in [2.75, 3.05) is 44.6 Å². The summed E-state index contributed by atoms with van der Waals surface area (Å²) in [6.07, 6.45) is 0. The molecule has 7 nitrogen and oxygen atoms in total. The topological polar surface area (TPSA) is 90.0 Å². The molecule has 0 aromatic heterocycles. The molecule has 0 atom stereocenters. The molecule has 23 heavy (non-hydrogen) atoms. The van der Waals surface area contributed by atoms with Crippen molar-refractivity contribution >= 4 is 23.3 Å². The third-order valence-corrected chi connectivity index (χ3v) is 3.82. The first-order valence-corrected chi connectivity index (χ1v) is 7.55. The molecular weight excluding hydrogens is 298 g/mol. The fourth-order valence-electron chi connectivity index (χ4n) is 2.43. The predicted molar refractivity (Wildman–Crippen MR) is 85.2 cm³/mol. The van der Waals surface area contributed by atoms with Crippen LogP contribution in [0.3, 0.4) is 0 Å². The smallest absolute Gasteiger partial charge is 0.313 e. The number of anilines is 1. The molecule has 1 aliphatic rings. The Morgan fingerprint density at radius 1 is 1.09 bits per heavy atom. The van der Waals surface area contributed by atoms with Gasteiger partial charge in [-0.25, -0.2) is 0 Å². The fourth-order valence-corrected chi connectivity index (χ4v) is 2.43. The van der Waals surface area contributed by atoms with Gasteiger partial charge >= 0.3 is 11.8 Å². The minimum Gasteiger partial charge on any atom is -0.395 e. The summed E-state index contributed by atoms with van der Waals surface area (Å²) in [7, 11) is 0. The van der Waals surface area contributed by atoms with Gasteiger partial charge in [0.05, 0.1) is 6.61 Å². The van der Waals surface area contributed by atoms with Crippen LogP contribution in [-0.4, -0.2) is 71.8 Å². The van der Waals surface area contributed by atoms with Crippen molar-refractivity contribution in [3.05, 3.63) is 29.8 Å². The molecular formula is C16H21N3O4. The van der Waals surface area contributed by atoms with E-state index in [4.69, 9.17) is 5.11 Å². The molecule has 0 bridgehead atoms. The van der Waals surface area contributed by atoms with Gasteiger partial charge in [-0.3, -0.25) is 19.3 Å². The molecule has 0 radical (unpaired) electrons. The van der Waals surface area contributed by atoms with Gasteiger partial charge in [0.1, 0.15) is 0 Å². The maximum atomic E-state index is 12.1. The second-order valence-electron chi connectivity index (χ2n) is 5.45. The lowest BCUT2D eigenvalue weighted by atomic mass is 10.1. The molecule has 1 aromatic rings. The summed E-state index contributed by atoms with van der Waals surface area (Å²) in [5.41, 5.74) is 1.03. The van der Waals surface area contributed by atoms with Crippen LogP contribution in [-0.2, 0) is 9.59 Å². The molecule has 0 aliphatic carbocycles. The van der Waals surface area contributed by atoms with Crippen LogP contribution in [0, 0.1) is 0 Å². The summed E-state index contributed by atoms with van der Waals surface area (Å²) in [6.45, 7) is 4.36. The summed E-state index contributed by atoms with van der Waals surface area (Å²) in [6, 6.07) is 6.41. The molecule has 2 N–H and O–H groups in total. The lowest BCUT2D eigenvalue weighted by molar-refractivity contribution is -0.144. The van der Waals surface area contributed by atoms with Gasteiger partial charge in [-0.2, -0.15) is 0 Å². The Hall–Kier alpha value is -2.25. The average Bonchev–Trinajstić information content (AvgIpc) is 2.55. The molecule has 0 spiro atoms. The summed E-state index contributed by atoms with van der Waals surface area (Å²) in [5, 5.41) is 11.4. The molecule has 1 fully saturated rings. The van der Waals surface area contributed by atoms with Crippen molar-refractivity contribution in [3.8, 4) is 0 Å². The van der Waals surface area contributed by atoms with Gasteiger partial charge in [0, 0.05) is 44.0 Å². The van der Waals surface area contributed by atoms with E-state index in [0.717, 1.165) is 0 Å². The lowest BCUT2D eigenvalue weighted by Gasteiger charge is -2.33. The van der Waals surface area contributed by atoms with Crippen molar-refractivity contribution in [1.82, 2.24) is 9.80 Å². The zero-order chi connectivity index (χ0) is 16.8. The number of Topliss-reactive ketones (excluding diaryl/α,β-unsaturated/α-hetero) is 1. The number of piperazine rings is 1. The number of amides is 2. The molecule has 7 heteroatoms. The van der Waals surface area contributed by atoms with Crippen LogP contribution in [0.5, 0.6) is 0 Å². The van der Waals surface area contributed by atoms with Crippen LogP contribution >= 0.6 is 0 Å². The molecule has 1 aromatic carbocycles. The van der Waals surface area contributed by atoms with Crippen LogP contribution in [0.2, 0.25) is 0 Å². The third-order valence-electron chi connectivity index (χ3n) is 3.82. The van der Waals surface area contributed by atoms with Gasteiger partial charge in [0.25, 0.3) is 0 Å². The highest BCUT2D eigenvalue weighted by Crippen LogP contribution is 2.11. The highest BCUT2D eigenvalue weighted by atomic mass is 16.3. The maximum Gasteiger partial charge on any atom is 0.313 e. The Balaban J connectivity index is 1.88. The summed E-state index contributed by atoms with van der Waals surface area (Å²) in [4.78, 5) is 38.9. The van der Waals surface area contributed by atoms with Gasteiger partial charge in [-0.15, -0.1) is 0 Å². The van der Waals surface area contributed by atoms with E-state index >= 15 is 0 Å². The predicted octanol–water partition coefficient (Wildman–Crippen LogP) is -0.0358. The molecule has 2 amide bonds. The van der Waals surface area contributed by atoms with Gasteiger partial charge in [-0.05, 0) is 31.2 Å². The normalized spacial score (nSPS) is 15.3. The Morgan fingerprint density at radius 3 is 2.22 bits per heavy atom. The number of carbonyl (C=O) groups excluding carboxylic acids is 3. The Bertz CT molecular complexity index is 577. The quantitative estimate of drug-likeness (QED) is 0.600. The fraction of sp³-hybridized carbons (Fsp3) is 0.438. The van der Waals surface area contributed by atoms with Crippen LogP contribution in [0.15, 0.2) is 24.3 Å². The van der Waals surface area contributed by atoms with E-state index in [1.165, 1.54) is 11.8 Å². The SMILES string of the molecule is CC(=O)c1ccc(NC(=O)C(=O)N2CCN(CCO)CC2)cc1. The van der Waals surface area contributed by atoms with Crippen LogP contribution in [0.25, 0.3) is 0 Å². The highest BCUT2D eigenvalue weighted by Gasteiger charge is 2.25. The van der Waals surface area contributed by atoms with E-state index in [2.05, 4.69) is 5.32 Å². The number of benzene rings is 1. The molecule has 1 saturated heterocycles. The number of nitrogens with one attached hydrogen (secondary N) is 1. The van der Waals surface area contributed by atoms with Crippen molar-refractivity contribution in [1.29, 1.82) is 0 Å². The summed E-state index contributed by atoms with van der Waals surface area (Å²) >= 11 is 0. The summed E-state index contributed by atoms with van der Waals surface area (Å²) < 4.78 is 0. The minimum atomic E-state index is -0.684. The number of aliphatic hydroxyl groups excluding tert-OH is 1. The standard InChI is InChI=1S/C16H21N3O4/c1-12(21)13-2-4-14(5-3-13)17-15(22)16(23)19-8-6-18(7-9-19)10-11-20/h2-5,20H,6-11H2,1H3,(H,17,22). The minimum absolute atomic E-state index is 0.0558. The number of β-amino-alcohol motifs (C(OH)–C–C–N with tert-alkyl or cyclic N) is 1. The van der Waals surface area contributed by atoms with Crippen molar-refractivity contribution < 1.29 is 19.5 Å². The van der Waals surface area contributed by atoms with E-state index in [0.29, 0.717) is 44.0 Å². The molecule has 0 unspecified atom stereocenters. The van der Waals surface area contributed by atoms with Crippen LogP contribution in [0.1, 0.15) is 17.3 Å². The van der Waals surface area contributed by atoms with Gasteiger partial charge in [-0.1, -0.05) is 0 Å². The first-order valence-electron chi connectivity index (χ1n) is 7.55. The number of aliphatic hydroxyl groups is 1. The molecule has 0 saturated carbocycles. The molecule has 2 rings (SSSR count). The number of carbonyl (C=O) groups is 3. The Kier molecular flexibility index (Phi) is 5.84. The second-order valence-corrected chi connectivity index (χ2v) is 5.45. The molecule has 1 heterocycles.